The van der Waals surface area contributed by atoms with Crippen LogP contribution < -0.4 is 10.6 Å². The van der Waals surface area contributed by atoms with E-state index >= 15 is 0 Å². The predicted molar refractivity (Wildman–Crippen MR) is 82.8 cm³/mol. The maximum atomic E-state index is 12.7. The van der Waals surface area contributed by atoms with E-state index in [0.717, 1.165) is 11.3 Å². The molecule has 0 aliphatic rings. The van der Waals surface area contributed by atoms with Crippen LogP contribution >= 0.6 is 0 Å². The Morgan fingerprint density at radius 2 is 1.71 bits per heavy atom. The second-order valence-corrected chi connectivity index (χ2v) is 4.95. The molecule has 110 valence electrons. The van der Waals surface area contributed by atoms with Gasteiger partial charge in [-0.1, -0.05) is 29.8 Å². The normalized spacial score (nSPS) is 10.2. The van der Waals surface area contributed by atoms with E-state index in [-0.39, 0.29) is 18.3 Å². The highest BCUT2D eigenvalue weighted by molar-refractivity contribution is 5.80. The SMILES string of the molecule is Cc1ccc(NCC(=O)NCCc2ccc(F)cc2)cc1. The van der Waals surface area contributed by atoms with E-state index in [4.69, 9.17) is 0 Å². The molecule has 0 heterocycles. The van der Waals surface area contributed by atoms with Gasteiger partial charge in [-0.05, 0) is 43.2 Å². The van der Waals surface area contributed by atoms with Crippen molar-refractivity contribution >= 4 is 11.6 Å². The molecule has 4 heteroatoms. The minimum atomic E-state index is -0.245. The highest BCUT2D eigenvalue weighted by Crippen LogP contribution is 2.07. The number of hydrogen-bond acceptors (Lipinski definition) is 2. The van der Waals surface area contributed by atoms with Gasteiger partial charge in [-0.3, -0.25) is 4.79 Å². The first-order valence-electron chi connectivity index (χ1n) is 6.95. The molecule has 0 aliphatic heterocycles. The predicted octanol–water partition coefficient (Wildman–Crippen LogP) is 2.90. The molecule has 3 nitrogen and oxygen atoms in total. The van der Waals surface area contributed by atoms with Crippen molar-refractivity contribution in [3.05, 3.63) is 65.5 Å². The number of halogens is 1. The summed E-state index contributed by atoms with van der Waals surface area (Å²) in [5, 5.41) is 5.90. The fourth-order valence-electron chi connectivity index (χ4n) is 1.91. The van der Waals surface area contributed by atoms with Crippen LogP contribution in [0.4, 0.5) is 10.1 Å². The number of aryl methyl sites for hydroxylation is 1. The summed E-state index contributed by atoms with van der Waals surface area (Å²) in [5.74, 6) is -0.303. The van der Waals surface area contributed by atoms with Gasteiger partial charge in [0, 0.05) is 12.2 Å². The van der Waals surface area contributed by atoms with Crippen molar-refractivity contribution in [2.75, 3.05) is 18.4 Å². The average molecular weight is 286 g/mol. The van der Waals surface area contributed by atoms with Gasteiger partial charge in [0.2, 0.25) is 5.91 Å². The number of nitrogens with one attached hydrogen (secondary N) is 2. The van der Waals surface area contributed by atoms with Crippen LogP contribution in [-0.4, -0.2) is 19.0 Å². The molecule has 0 atom stereocenters. The summed E-state index contributed by atoms with van der Waals surface area (Å²) in [6.45, 7) is 2.80. The molecule has 0 aliphatic carbocycles. The van der Waals surface area contributed by atoms with Crippen molar-refractivity contribution in [2.45, 2.75) is 13.3 Å². The molecule has 2 aromatic rings. The van der Waals surface area contributed by atoms with Gasteiger partial charge in [0.25, 0.3) is 0 Å². The maximum Gasteiger partial charge on any atom is 0.239 e. The largest absolute Gasteiger partial charge is 0.376 e. The Hall–Kier alpha value is -2.36. The summed E-state index contributed by atoms with van der Waals surface area (Å²) in [4.78, 5) is 11.7. The third-order valence-electron chi connectivity index (χ3n) is 3.15. The molecule has 0 bridgehead atoms. The number of anilines is 1. The van der Waals surface area contributed by atoms with Gasteiger partial charge in [-0.2, -0.15) is 0 Å². The topological polar surface area (TPSA) is 41.1 Å². The molecule has 0 fully saturated rings. The van der Waals surface area contributed by atoms with Gasteiger partial charge in [0.05, 0.1) is 6.54 Å². The van der Waals surface area contributed by atoms with Crippen LogP contribution in [0, 0.1) is 12.7 Å². The Bertz CT molecular complexity index is 579. The molecule has 0 saturated carbocycles. The standard InChI is InChI=1S/C17H19FN2O/c1-13-2-8-16(9-3-13)20-12-17(21)19-11-10-14-4-6-15(18)7-5-14/h2-9,20H,10-12H2,1H3,(H,19,21). The fraction of sp³-hybridized carbons (Fsp3) is 0.235. The summed E-state index contributed by atoms with van der Waals surface area (Å²) >= 11 is 0. The Balaban J connectivity index is 1.67. The lowest BCUT2D eigenvalue weighted by molar-refractivity contribution is -0.119. The molecule has 2 aromatic carbocycles. The van der Waals surface area contributed by atoms with Crippen LogP contribution in [0.5, 0.6) is 0 Å². The minimum absolute atomic E-state index is 0.0577. The molecule has 0 radical (unpaired) electrons. The molecule has 0 unspecified atom stereocenters. The van der Waals surface area contributed by atoms with Gasteiger partial charge in [-0.15, -0.1) is 0 Å². The third kappa shape index (κ3) is 5.26. The second-order valence-electron chi connectivity index (χ2n) is 4.95. The van der Waals surface area contributed by atoms with Crippen molar-refractivity contribution in [2.24, 2.45) is 0 Å². The lowest BCUT2D eigenvalue weighted by Crippen LogP contribution is -2.31. The van der Waals surface area contributed by atoms with E-state index in [1.807, 2.05) is 31.2 Å². The molecule has 0 aromatic heterocycles. The van der Waals surface area contributed by atoms with Crippen LogP contribution in [0.25, 0.3) is 0 Å². The van der Waals surface area contributed by atoms with E-state index in [0.29, 0.717) is 13.0 Å². The first-order valence-corrected chi connectivity index (χ1v) is 6.95. The monoisotopic (exact) mass is 286 g/mol. The summed E-state index contributed by atoms with van der Waals surface area (Å²) in [6, 6.07) is 14.2. The van der Waals surface area contributed by atoms with Gasteiger partial charge >= 0.3 is 0 Å². The second kappa shape index (κ2) is 7.43. The zero-order chi connectivity index (χ0) is 15.1. The van der Waals surface area contributed by atoms with Gasteiger partial charge in [0.1, 0.15) is 5.82 Å². The zero-order valence-corrected chi connectivity index (χ0v) is 12.0. The Labute approximate surface area is 124 Å². The average Bonchev–Trinajstić information content (AvgIpc) is 2.49. The van der Waals surface area contributed by atoms with Crippen LogP contribution in [-0.2, 0) is 11.2 Å². The van der Waals surface area contributed by atoms with E-state index in [9.17, 15) is 9.18 Å². The van der Waals surface area contributed by atoms with Gasteiger partial charge in [0.15, 0.2) is 0 Å². The number of amides is 1. The van der Waals surface area contributed by atoms with E-state index in [1.165, 1.54) is 17.7 Å². The van der Waals surface area contributed by atoms with E-state index < -0.39 is 0 Å². The fourth-order valence-corrected chi connectivity index (χ4v) is 1.91. The van der Waals surface area contributed by atoms with Crippen molar-refractivity contribution in [3.8, 4) is 0 Å². The maximum absolute atomic E-state index is 12.7. The van der Waals surface area contributed by atoms with Crippen LogP contribution in [0.15, 0.2) is 48.5 Å². The molecular weight excluding hydrogens is 267 g/mol. The van der Waals surface area contributed by atoms with Crippen LogP contribution in [0.2, 0.25) is 0 Å². The highest BCUT2D eigenvalue weighted by atomic mass is 19.1. The Morgan fingerprint density at radius 1 is 1.05 bits per heavy atom. The van der Waals surface area contributed by atoms with Crippen molar-refractivity contribution in [3.63, 3.8) is 0 Å². The number of carbonyl (C=O) groups excluding carboxylic acids is 1. The molecule has 1 amide bonds. The number of benzene rings is 2. The summed E-state index contributed by atoms with van der Waals surface area (Å²) in [5.41, 5.74) is 3.11. The zero-order valence-electron chi connectivity index (χ0n) is 12.0. The lowest BCUT2D eigenvalue weighted by Gasteiger charge is -2.08. The number of rotatable bonds is 6. The van der Waals surface area contributed by atoms with Crippen molar-refractivity contribution < 1.29 is 9.18 Å². The summed E-state index contributed by atoms with van der Waals surface area (Å²) in [7, 11) is 0. The number of carbonyl (C=O) groups is 1. The lowest BCUT2D eigenvalue weighted by atomic mass is 10.1. The van der Waals surface area contributed by atoms with Crippen molar-refractivity contribution in [1.82, 2.24) is 5.32 Å². The molecule has 2 rings (SSSR count). The molecule has 0 saturated heterocycles. The summed E-state index contributed by atoms with van der Waals surface area (Å²) < 4.78 is 12.7. The first-order chi connectivity index (χ1) is 10.1. The van der Waals surface area contributed by atoms with Gasteiger partial charge in [-0.25, -0.2) is 4.39 Å². The molecular formula is C17H19FN2O. The summed E-state index contributed by atoms with van der Waals surface area (Å²) in [6.07, 6.45) is 0.691. The first kappa shape index (κ1) is 15.0. The van der Waals surface area contributed by atoms with Gasteiger partial charge < -0.3 is 10.6 Å². The van der Waals surface area contributed by atoms with E-state index in [1.54, 1.807) is 12.1 Å². The minimum Gasteiger partial charge on any atom is -0.376 e. The number of hydrogen-bond donors (Lipinski definition) is 2. The third-order valence-corrected chi connectivity index (χ3v) is 3.15. The molecule has 2 N–H and O–H groups in total. The highest BCUT2D eigenvalue weighted by Gasteiger charge is 2.01. The van der Waals surface area contributed by atoms with Crippen LogP contribution in [0.1, 0.15) is 11.1 Å². The van der Waals surface area contributed by atoms with Crippen molar-refractivity contribution in [1.29, 1.82) is 0 Å². The smallest absolute Gasteiger partial charge is 0.239 e. The van der Waals surface area contributed by atoms with Crippen LogP contribution in [0.3, 0.4) is 0 Å². The quantitative estimate of drug-likeness (QED) is 0.857. The Kier molecular flexibility index (Phi) is 5.32. The Morgan fingerprint density at radius 3 is 2.38 bits per heavy atom. The van der Waals surface area contributed by atoms with E-state index in [2.05, 4.69) is 10.6 Å². The molecule has 0 spiro atoms. The molecule has 21 heavy (non-hydrogen) atoms.